The van der Waals surface area contributed by atoms with Crippen molar-refractivity contribution in [2.45, 2.75) is 20.0 Å². The summed E-state index contributed by atoms with van der Waals surface area (Å²) in [6.45, 7) is 7.77. The predicted octanol–water partition coefficient (Wildman–Crippen LogP) is 0.910. The second-order valence-electron chi connectivity index (χ2n) is 3.97. The fraction of sp³-hybridized carbons (Fsp3) is 1.00. The molecule has 0 aliphatic carbocycles. The number of ether oxygens (including phenoxy) is 3. The first-order valence-corrected chi connectivity index (χ1v) is 5.53. The zero-order chi connectivity index (χ0) is 11.5. The van der Waals surface area contributed by atoms with Gasteiger partial charge in [-0.3, -0.25) is 0 Å². The summed E-state index contributed by atoms with van der Waals surface area (Å²) in [7, 11) is 3.59. The Balaban J connectivity index is 3.36. The third-order valence-corrected chi connectivity index (χ3v) is 1.82. The van der Waals surface area contributed by atoms with Crippen molar-refractivity contribution in [2.24, 2.45) is 5.92 Å². The van der Waals surface area contributed by atoms with Gasteiger partial charge < -0.3 is 19.5 Å². The van der Waals surface area contributed by atoms with Gasteiger partial charge in [0.2, 0.25) is 0 Å². The lowest BCUT2D eigenvalue weighted by molar-refractivity contribution is -0.0295. The molecule has 1 N–H and O–H groups in total. The van der Waals surface area contributed by atoms with Gasteiger partial charge in [-0.25, -0.2) is 0 Å². The summed E-state index contributed by atoms with van der Waals surface area (Å²) in [4.78, 5) is 0. The molecule has 0 saturated carbocycles. The van der Waals surface area contributed by atoms with Gasteiger partial charge in [-0.2, -0.15) is 0 Å². The molecule has 0 aromatic rings. The summed E-state index contributed by atoms with van der Waals surface area (Å²) < 4.78 is 16.1. The highest BCUT2D eigenvalue weighted by molar-refractivity contribution is 4.58. The molecule has 0 rings (SSSR count). The zero-order valence-corrected chi connectivity index (χ0v) is 10.4. The Morgan fingerprint density at radius 3 is 2.40 bits per heavy atom. The molecule has 0 saturated heterocycles. The SMILES string of the molecule is CNCC(COC)OCCOCC(C)C. The summed E-state index contributed by atoms with van der Waals surface area (Å²) >= 11 is 0. The number of methoxy groups -OCH3 is 1. The first-order valence-electron chi connectivity index (χ1n) is 5.53. The van der Waals surface area contributed by atoms with Crippen LogP contribution in [0.25, 0.3) is 0 Å². The lowest BCUT2D eigenvalue weighted by atomic mass is 10.2. The van der Waals surface area contributed by atoms with E-state index in [-0.39, 0.29) is 6.10 Å². The lowest BCUT2D eigenvalue weighted by Gasteiger charge is -2.16. The van der Waals surface area contributed by atoms with E-state index in [1.807, 2.05) is 7.05 Å². The molecule has 0 aliphatic rings. The Bertz CT molecular complexity index is 125. The monoisotopic (exact) mass is 219 g/mol. The van der Waals surface area contributed by atoms with Crippen molar-refractivity contribution < 1.29 is 14.2 Å². The number of nitrogens with one attached hydrogen (secondary N) is 1. The van der Waals surface area contributed by atoms with Crippen LogP contribution in [-0.2, 0) is 14.2 Å². The van der Waals surface area contributed by atoms with Crippen LogP contribution in [0.5, 0.6) is 0 Å². The third kappa shape index (κ3) is 10.1. The van der Waals surface area contributed by atoms with Crippen LogP contribution in [0.1, 0.15) is 13.8 Å². The van der Waals surface area contributed by atoms with E-state index >= 15 is 0 Å². The Morgan fingerprint density at radius 1 is 1.13 bits per heavy atom. The molecule has 0 amide bonds. The molecule has 15 heavy (non-hydrogen) atoms. The number of likely N-dealkylation sites (N-methyl/N-ethyl adjacent to an activating group) is 1. The van der Waals surface area contributed by atoms with Crippen molar-refractivity contribution in [3.05, 3.63) is 0 Å². The summed E-state index contributed by atoms with van der Waals surface area (Å²) in [6.07, 6.45) is 0.114. The van der Waals surface area contributed by atoms with E-state index in [0.29, 0.717) is 25.7 Å². The Hall–Kier alpha value is -0.160. The van der Waals surface area contributed by atoms with Gasteiger partial charge in [0, 0.05) is 20.3 Å². The fourth-order valence-electron chi connectivity index (χ4n) is 1.17. The zero-order valence-electron chi connectivity index (χ0n) is 10.4. The predicted molar refractivity (Wildman–Crippen MR) is 61.2 cm³/mol. The minimum absolute atomic E-state index is 0.114. The first-order chi connectivity index (χ1) is 7.20. The topological polar surface area (TPSA) is 39.7 Å². The first kappa shape index (κ1) is 14.8. The molecule has 0 bridgehead atoms. The Morgan fingerprint density at radius 2 is 1.87 bits per heavy atom. The Labute approximate surface area is 93.3 Å². The van der Waals surface area contributed by atoms with Gasteiger partial charge in [0.1, 0.15) is 0 Å². The normalized spacial score (nSPS) is 13.4. The highest BCUT2D eigenvalue weighted by atomic mass is 16.5. The van der Waals surface area contributed by atoms with Crippen LogP contribution in [0.15, 0.2) is 0 Å². The molecule has 0 heterocycles. The summed E-state index contributed by atoms with van der Waals surface area (Å²) in [5, 5.41) is 3.07. The number of rotatable bonds is 10. The maximum absolute atomic E-state index is 5.59. The number of hydrogen-bond donors (Lipinski definition) is 1. The molecule has 4 nitrogen and oxygen atoms in total. The summed E-state index contributed by atoms with van der Waals surface area (Å²) in [5.74, 6) is 0.581. The van der Waals surface area contributed by atoms with Gasteiger partial charge in [-0.15, -0.1) is 0 Å². The molecule has 0 fully saturated rings. The van der Waals surface area contributed by atoms with Crippen LogP contribution < -0.4 is 5.32 Å². The van der Waals surface area contributed by atoms with Crippen molar-refractivity contribution in [1.82, 2.24) is 5.32 Å². The van der Waals surface area contributed by atoms with E-state index in [1.165, 1.54) is 0 Å². The van der Waals surface area contributed by atoms with Gasteiger partial charge >= 0.3 is 0 Å². The van der Waals surface area contributed by atoms with E-state index in [0.717, 1.165) is 13.2 Å². The van der Waals surface area contributed by atoms with Crippen molar-refractivity contribution in [3.8, 4) is 0 Å². The highest BCUT2D eigenvalue weighted by Gasteiger charge is 2.06. The fourth-order valence-corrected chi connectivity index (χ4v) is 1.17. The van der Waals surface area contributed by atoms with Crippen LogP contribution in [0.4, 0.5) is 0 Å². The van der Waals surface area contributed by atoms with E-state index in [1.54, 1.807) is 7.11 Å². The summed E-state index contributed by atoms with van der Waals surface area (Å²) in [5.41, 5.74) is 0. The largest absolute Gasteiger partial charge is 0.382 e. The average Bonchev–Trinajstić information content (AvgIpc) is 2.17. The third-order valence-electron chi connectivity index (χ3n) is 1.82. The standard InChI is InChI=1S/C11H25NO3/c1-10(2)8-14-5-6-15-11(7-12-3)9-13-4/h10-12H,5-9H2,1-4H3. The molecule has 4 heteroatoms. The molecular formula is C11H25NO3. The van der Waals surface area contributed by atoms with Gasteiger partial charge in [0.05, 0.1) is 25.9 Å². The average molecular weight is 219 g/mol. The van der Waals surface area contributed by atoms with Crippen molar-refractivity contribution in [3.63, 3.8) is 0 Å². The molecule has 0 aromatic carbocycles. The van der Waals surface area contributed by atoms with Crippen LogP contribution in [0.3, 0.4) is 0 Å². The van der Waals surface area contributed by atoms with Gasteiger partial charge in [-0.05, 0) is 13.0 Å². The molecule has 0 radical (unpaired) electrons. The van der Waals surface area contributed by atoms with Crippen LogP contribution >= 0.6 is 0 Å². The molecule has 92 valence electrons. The van der Waals surface area contributed by atoms with Crippen molar-refractivity contribution >= 4 is 0 Å². The highest BCUT2D eigenvalue weighted by Crippen LogP contribution is 1.94. The van der Waals surface area contributed by atoms with E-state index in [2.05, 4.69) is 19.2 Å². The molecular weight excluding hydrogens is 194 g/mol. The summed E-state index contributed by atoms with van der Waals surface area (Å²) in [6, 6.07) is 0. The van der Waals surface area contributed by atoms with Crippen molar-refractivity contribution in [1.29, 1.82) is 0 Å². The molecule has 0 spiro atoms. The van der Waals surface area contributed by atoms with E-state index in [4.69, 9.17) is 14.2 Å². The van der Waals surface area contributed by atoms with Crippen LogP contribution in [0, 0.1) is 5.92 Å². The van der Waals surface area contributed by atoms with E-state index in [9.17, 15) is 0 Å². The van der Waals surface area contributed by atoms with Crippen LogP contribution in [-0.4, -0.2) is 53.2 Å². The quantitative estimate of drug-likeness (QED) is 0.554. The van der Waals surface area contributed by atoms with Gasteiger partial charge in [-0.1, -0.05) is 13.8 Å². The van der Waals surface area contributed by atoms with Gasteiger partial charge in [0.25, 0.3) is 0 Å². The number of hydrogen-bond acceptors (Lipinski definition) is 4. The second kappa shape index (κ2) is 10.4. The van der Waals surface area contributed by atoms with Gasteiger partial charge in [0.15, 0.2) is 0 Å². The second-order valence-corrected chi connectivity index (χ2v) is 3.97. The Kier molecular flexibility index (Phi) is 10.3. The minimum atomic E-state index is 0.114. The maximum atomic E-state index is 5.59. The van der Waals surface area contributed by atoms with Crippen molar-refractivity contribution in [2.75, 3.05) is 47.1 Å². The maximum Gasteiger partial charge on any atom is 0.0933 e. The molecule has 0 aromatic heterocycles. The van der Waals surface area contributed by atoms with Crippen LogP contribution in [0.2, 0.25) is 0 Å². The smallest absolute Gasteiger partial charge is 0.0933 e. The van der Waals surface area contributed by atoms with E-state index < -0.39 is 0 Å². The minimum Gasteiger partial charge on any atom is -0.382 e. The molecule has 1 unspecified atom stereocenters. The molecule has 0 aliphatic heterocycles. The lowest BCUT2D eigenvalue weighted by Crippen LogP contribution is -2.31. The molecule has 1 atom stereocenters.